The molecule has 13 heteroatoms. The lowest BCUT2D eigenvalue weighted by Gasteiger charge is -2.62. The Morgan fingerprint density at radius 2 is 1.47 bits per heavy atom. The fourth-order valence-corrected chi connectivity index (χ4v) is 8.39. The van der Waals surface area contributed by atoms with Crippen molar-refractivity contribution in [1.29, 1.82) is 0 Å². The predicted octanol–water partition coefficient (Wildman–Crippen LogP) is 9.41. The monoisotopic (exact) mass is 708 g/mol. The molecule has 3 heterocycles. The maximum absolute atomic E-state index is 14.4. The number of alkyl halides is 9. The summed E-state index contributed by atoms with van der Waals surface area (Å²) in [6.07, 6.45) is -9.69. The van der Waals surface area contributed by atoms with E-state index in [2.05, 4.69) is 5.43 Å². The van der Waals surface area contributed by atoms with Gasteiger partial charge in [-0.1, -0.05) is 50.6 Å². The Balaban J connectivity index is 1.57. The average Bonchev–Trinajstić information content (AvgIpc) is 3.50. The van der Waals surface area contributed by atoms with E-state index in [0.29, 0.717) is 22.7 Å². The first-order chi connectivity index (χ1) is 22.9. The first-order valence-electron chi connectivity index (χ1n) is 15.7. The number of hydrogen-bond donors (Lipinski definition) is 1. The fourth-order valence-electron chi connectivity index (χ4n) is 7.33. The molecule has 0 bridgehead atoms. The molecule has 4 aromatic rings. The maximum Gasteiger partial charge on any atom is 0.420 e. The first kappa shape index (κ1) is 33.4. The molecule has 0 fully saturated rings. The number of unbranched alkanes of at least 4 members (excludes halogenated alkanes) is 1. The van der Waals surface area contributed by atoms with E-state index in [1.807, 2.05) is 68.6 Å². The third-order valence-corrected chi connectivity index (χ3v) is 10.9. The maximum atomic E-state index is 14.4. The highest BCUT2D eigenvalue weighted by Gasteiger charge is 2.61. The number of thiophene rings is 1. The van der Waals surface area contributed by atoms with Gasteiger partial charge in [0.2, 0.25) is 5.88 Å². The van der Waals surface area contributed by atoms with Crippen LogP contribution in [0.15, 0.2) is 66.1 Å². The largest absolute Gasteiger partial charge is 0.438 e. The summed E-state index contributed by atoms with van der Waals surface area (Å²) in [6.45, 7) is 5.98. The molecule has 0 amide bonds. The molecule has 7 rings (SSSR count). The van der Waals surface area contributed by atoms with Gasteiger partial charge in [-0.3, -0.25) is 10.4 Å². The summed E-state index contributed by atoms with van der Waals surface area (Å²) in [5, 5.41) is 5.79. The topological polar surface area (TPSA) is 24.5 Å². The van der Waals surface area contributed by atoms with Gasteiger partial charge >= 0.3 is 18.5 Å². The van der Waals surface area contributed by atoms with Crippen LogP contribution in [0, 0.1) is 0 Å². The SMILES string of the molecule is CCCCc1ccc2cc3c(cc2c1)=C(Oc1c(C(F)(F)F)cc(C(F)(F)F)cc1C(F)(F)F)NN1C=3c2sccc2C2(C)C=CC12CC. The Labute approximate surface area is 279 Å². The van der Waals surface area contributed by atoms with Gasteiger partial charge in [0.15, 0.2) is 5.75 Å². The van der Waals surface area contributed by atoms with E-state index in [1.54, 1.807) is 11.1 Å². The minimum Gasteiger partial charge on any atom is -0.438 e. The predicted molar refractivity (Wildman–Crippen MR) is 169 cm³/mol. The lowest BCUT2D eigenvalue weighted by molar-refractivity contribution is -0.149. The molecule has 1 aliphatic carbocycles. The van der Waals surface area contributed by atoms with Crippen molar-refractivity contribution in [3.63, 3.8) is 0 Å². The van der Waals surface area contributed by atoms with E-state index in [-0.39, 0.29) is 17.4 Å². The van der Waals surface area contributed by atoms with Crippen molar-refractivity contribution in [3.05, 3.63) is 109 Å². The van der Waals surface area contributed by atoms with Gasteiger partial charge in [0, 0.05) is 15.9 Å². The second-order valence-corrected chi connectivity index (χ2v) is 13.7. The smallest absolute Gasteiger partial charge is 0.420 e. The second-order valence-electron chi connectivity index (χ2n) is 12.8. The van der Waals surface area contributed by atoms with Gasteiger partial charge < -0.3 is 4.74 Å². The number of nitrogens with one attached hydrogen (secondary N) is 1. The van der Waals surface area contributed by atoms with Crippen LogP contribution in [-0.2, 0) is 30.4 Å². The Bertz CT molecular complexity index is 2130. The van der Waals surface area contributed by atoms with Gasteiger partial charge in [0.25, 0.3) is 0 Å². The van der Waals surface area contributed by atoms with Crippen LogP contribution in [-0.4, -0.2) is 10.5 Å². The van der Waals surface area contributed by atoms with Crippen LogP contribution in [0.1, 0.15) is 72.7 Å². The summed E-state index contributed by atoms with van der Waals surface area (Å²) >= 11 is 1.45. The minimum absolute atomic E-state index is 0.171. The standard InChI is InChI=1S/C36H29F9N2OS/c1-4-6-7-19-8-9-20-15-23-24(16-21(20)14-19)31(46-47-28(23)30-25(10-13-49-30)32(3)11-12-33(32,47)5-2)48-29-26(35(40,41)42)17-22(34(37,38)39)18-27(29)36(43,44)45/h8-18,46H,4-7H2,1-3H3. The summed E-state index contributed by atoms with van der Waals surface area (Å²) in [6, 6.07) is 10.6. The van der Waals surface area contributed by atoms with Gasteiger partial charge in [0.1, 0.15) is 0 Å². The Hall–Kier alpha value is -4.13. The highest BCUT2D eigenvalue weighted by Crippen LogP contribution is 2.58. The van der Waals surface area contributed by atoms with E-state index < -0.39 is 57.8 Å². The van der Waals surface area contributed by atoms with Crippen LogP contribution in [0.3, 0.4) is 0 Å². The van der Waals surface area contributed by atoms with Crippen molar-refractivity contribution in [3.8, 4) is 5.75 Å². The molecule has 0 saturated carbocycles. The molecule has 1 N–H and O–H groups in total. The van der Waals surface area contributed by atoms with Crippen molar-refractivity contribution in [2.24, 2.45) is 0 Å². The highest BCUT2D eigenvalue weighted by molar-refractivity contribution is 7.11. The van der Waals surface area contributed by atoms with Crippen LogP contribution < -0.4 is 20.6 Å². The Morgan fingerprint density at radius 3 is 2.04 bits per heavy atom. The van der Waals surface area contributed by atoms with Crippen LogP contribution >= 0.6 is 11.3 Å². The third kappa shape index (κ3) is 5.01. The Morgan fingerprint density at radius 1 is 0.796 bits per heavy atom. The van der Waals surface area contributed by atoms with Crippen LogP contribution in [0.5, 0.6) is 5.75 Å². The van der Waals surface area contributed by atoms with E-state index >= 15 is 0 Å². The van der Waals surface area contributed by atoms with Crippen LogP contribution in [0.4, 0.5) is 39.5 Å². The molecule has 49 heavy (non-hydrogen) atoms. The average molecular weight is 709 g/mol. The fraction of sp³-hybridized carbons (Fsp3) is 0.333. The number of halogens is 9. The quantitative estimate of drug-likeness (QED) is 0.160. The number of hydrogen-bond acceptors (Lipinski definition) is 4. The third-order valence-electron chi connectivity index (χ3n) is 10.00. The molecule has 0 saturated heterocycles. The number of nitrogens with zero attached hydrogens (tertiary/aromatic N) is 1. The number of aryl methyl sites for hydroxylation is 1. The molecule has 0 radical (unpaired) electrons. The van der Waals surface area contributed by atoms with E-state index in [0.717, 1.165) is 40.7 Å². The molecule has 3 aliphatic rings. The molecule has 3 nitrogen and oxygen atoms in total. The zero-order valence-electron chi connectivity index (χ0n) is 26.3. The number of benzene rings is 3. The molecule has 1 aromatic heterocycles. The van der Waals surface area contributed by atoms with Crippen molar-refractivity contribution in [2.45, 2.75) is 75.9 Å². The molecular weight excluding hydrogens is 679 g/mol. The van der Waals surface area contributed by atoms with Crippen molar-refractivity contribution in [1.82, 2.24) is 10.4 Å². The number of hydrazine groups is 1. The second kappa shape index (κ2) is 10.9. The number of ether oxygens (including phenoxy) is 1. The van der Waals surface area contributed by atoms with Crippen molar-refractivity contribution >= 4 is 33.7 Å². The molecule has 0 spiro atoms. The van der Waals surface area contributed by atoms with Gasteiger partial charge in [-0.15, -0.1) is 11.3 Å². The Kier molecular flexibility index (Phi) is 7.45. The normalized spacial score (nSPS) is 21.5. The van der Waals surface area contributed by atoms with Gasteiger partial charge in [-0.05, 0) is 83.8 Å². The number of rotatable bonds is 6. The summed E-state index contributed by atoms with van der Waals surface area (Å²) in [7, 11) is 0. The molecule has 2 unspecified atom stereocenters. The molecule has 2 aliphatic heterocycles. The first-order valence-corrected chi connectivity index (χ1v) is 16.6. The number of fused-ring (bicyclic) bond motifs is 8. The van der Waals surface area contributed by atoms with Crippen molar-refractivity contribution in [2.75, 3.05) is 0 Å². The molecule has 258 valence electrons. The minimum atomic E-state index is -5.62. The summed E-state index contributed by atoms with van der Waals surface area (Å²) in [5.74, 6) is -2.24. The molecule has 2 atom stereocenters. The van der Waals surface area contributed by atoms with E-state index in [1.165, 1.54) is 11.3 Å². The highest BCUT2D eigenvalue weighted by atomic mass is 32.1. The van der Waals surface area contributed by atoms with Gasteiger partial charge in [-0.2, -0.15) is 39.5 Å². The van der Waals surface area contributed by atoms with Crippen molar-refractivity contribution < 1.29 is 44.3 Å². The zero-order valence-corrected chi connectivity index (χ0v) is 27.2. The zero-order chi connectivity index (χ0) is 35.3. The lowest BCUT2D eigenvalue weighted by atomic mass is 9.55. The van der Waals surface area contributed by atoms with Gasteiger partial charge in [0.05, 0.1) is 32.8 Å². The lowest BCUT2D eigenvalue weighted by Crippen LogP contribution is -2.71. The summed E-state index contributed by atoms with van der Waals surface area (Å²) < 4.78 is 133. The molecule has 3 aromatic carbocycles. The summed E-state index contributed by atoms with van der Waals surface area (Å²) in [4.78, 5) is 0.865. The summed E-state index contributed by atoms with van der Waals surface area (Å²) in [5.41, 5.74) is -2.12. The van der Waals surface area contributed by atoms with Crippen LogP contribution in [0.2, 0.25) is 0 Å². The van der Waals surface area contributed by atoms with E-state index in [9.17, 15) is 39.5 Å². The van der Waals surface area contributed by atoms with Crippen LogP contribution in [0.25, 0.3) is 22.4 Å². The van der Waals surface area contributed by atoms with E-state index in [4.69, 9.17) is 4.74 Å². The molecular formula is C36H29F9N2OS. The van der Waals surface area contributed by atoms with Gasteiger partial charge in [-0.25, -0.2) is 0 Å².